The maximum absolute atomic E-state index is 11.4. The molecule has 8 nitrogen and oxygen atoms in total. The number of unbranched alkanes of at least 4 members (excludes halogenated alkanes) is 1. The third-order valence-corrected chi connectivity index (χ3v) is 4.73. The standard InChI is InChI=1S/C16H21N5O3.C4H10/c1-10(22)20-4-6-21(7-5-20)16-18-12-9-14(24-3)13(23-2)8-11(12)15(17)19-16;1-3-4-2/h8-9H,4-7H2,1-3H3,(H2,17,18,19);3-4H2,1-2H3. The Kier molecular flexibility index (Phi) is 7.66. The number of amides is 1. The van der Waals surface area contributed by atoms with Crippen LogP contribution in [0.15, 0.2) is 12.1 Å². The zero-order valence-electron chi connectivity index (χ0n) is 17.5. The Balaban J connectivity index is 0.000000640. The van der Waals surface area contributed by atoms with Crippen LogP contribution in [0.5, 0.6) is 11.5 Å². The predicted octanol–water partition coefficient (Wildman–Crippen LogP) is 2.70. The van der Waals surface area contributed by atoms with Gasteiger partial charge in [0.25, 0.3) is 0 Å². The van der Waals surface area contributed by atoms with Gasteiger partial charge in [0.15, 0.2) is 11.5 Å². The molecule has 1 amide bonds. The predicted molar refractivity (Wildman–Crippen MR) is 112 cm³/mol. The van der Waals surface area contributed by atoms with Crippen molar-refractivity contribution in [1.29, 1.82) is 0 Å². The number of carbonyl (C=O) groups excluding carboxylic acids is 1. The molecule has 1 fully saturated rings. The van der Waals surface area contributed by atoms with Crippen LogP contribution < -0.4 is 20.1 Å². The lowest BCUT2D eigenvalue weighted by molar-refractivity contribution is -0.129. The zero-order valence-corrected chi connectivity index (χ0v) is 17.5. The van der Waals surface area contributed by atoms with Gasteiger partial charge in [0.1, 0.15) is 5.82 Å². The summed E-state index contributed by atoms with van der Waals surface area (Å²) in [5.41, 5.74) is 6.81. The molecule has 0 aliphatic carbocycles. The summed E-state index contributed by atoms with van der Waals surface area (Å²) in [6.07, 6.45) is 2.64. The quantitative estimate of drug-likeness (QED) is 0.859. The van der Waals surface area contributed by atoms with E-state index in [0.717, 1.165) is 5.39 Å². The second-order valence-corrected chi connectivity index (χ2v) is 6.63. The van der Waals surface area contributed by atoms with E-state index in [1.54, 1.807) is 33.3 Å². The minimum atomic E-state index is 0.0884. The molecule has 1 aliphatic rings. The van der Waals surface area contributed by atoms with Gasteiger partial charge in [-0.1, -0.05) is 26.7 Å². The number of piperazine rings is 1. The fourth-order valence-electron chi connectivity index (χ4n) is 2.83. The number of methoxy groups -OCH3 is 2. The number of hydrogen-bond acceptors (Lipinski definition) is 7. The Labute approximate surface area is 166 Å². The number of nitrogens with two attached hydrogens (primary N) is 1. The van der Waals surface area contributed by atoms with Gasteiger partial charge in [-0.25, -0.2) is 4.98 Å². The van der Waals surface area contributed by atoms with E-state index in [9.17, 15) is 4.79 Å². The molecule has 0 saturated carbocycles. The first kappa shape index (κ1) is 21.5. The number of ether oxygens (including phenoxy) is 2. The maximum atomic E-state index is 11.4. The molecule has 2 aromatic rings. The van der Waals surface area contributed by atoms with Gasteiger partial charge in [0, 0.05) is 44.6 Å². The van der Waals surface area contributed by atoms with Crippen LogP contribution in [0.25, 0.3) is 10.9 Å². The third kappa shape index (κ3) is 4.94. The summed E-state index contributed by atoms with van der Waals surface area (Å²) in [6.45, 7) is 8.61. The van der Waals surface area contributed by atoms with Gasteiger partial charge in [-0.05, 0) is 6.07 Å². The highest BCUT2D eigenvalue weighted by atomic mass is 16.5. The number of rotatable bonds is 4. The molecule has 0 radical (unpaired) electrons. The highest BCUT2D eigenvalue weighted by Crippen LogP contribution is 2.34. The van der Waals surface area contributed by atoms with Crippen molar-refractivity contribution in [3.63, 3.8) is 0 Å². The molecular weight excluding hydrogens is 358 g/mol. The molecule has 1 saturated heterocycles. The van der Waals surface area contributed by atoms with Gasteiger partial charge in [-0.3, -0.25) is 4.79 Å². The van der Waals surface area contributed by atoms with Gasteiger partial charge in [-0.2, -0.15) is 4.98 Å². The van der Waals surface area contributed by atoms with Gasteiger partial charge in [0.05, 0.1) is 19.7 Å². The van der Waals surface area contributed by atoms with E-state index in [2.05, 4.69) is 23.8 Å². The normalized spacial score (nSPS) is 13.8. The average Bonchev–Trinajstić information content (AvgIpc) is 2.72. The zero-order chi connectivity index (χ0) is 20.7. The molecule has 0 spiro atoms. The molecule has 1 aromatic heterocycles. The van der Waals surface area contributed by atoms with E-state index in [1.165, 1.54) is 12.8 Å². The van der Waals surface area contributed by atoms with Crippen molar-refractivity contribution in [2.24, 2.45) is 0 Å². The highest BCUT2D eigenvalue weighted by molar-refractivity contribution is 5.91. The Morgan fingerprint density at radius 1 is 1.04 bits per heavy atom. The second-order valence-electron chi connectivity index (χ2n) is 6.63. The number of carbonyl (C=O) groups is 1. The van der Waals surface area contributed by atoms with Gasteiger partial charge in [-0.15, -0.1) is 0 Å². The number of aromatic nitrogens is 2. The lowest BCUT2D eigenvalue weighted by Crippen LogP contribution is -2.48. The van der Waals surface area contributed by atoms with Crippen molar-refractivity contribution in [1.82, 2.24) is 14.9 Å². The molecule has 1 aliphatic heterocycles. The number of hydrogen-bond donors (Lipinski definition) is 1. The van der Waals surface area contributed by atoms with Crippen molar-refractivity contribution < 1.29 is 14.3 Å². The van der Waals surface area contributed by atoms with Crippen LogP contribution in [0.4, 0.5) is 11.8 Å². The maximum Gasteiger partial charge on any atom is 0.228 e. The van der Waals surface area contributed by atoms with Crippen LogP contribution in [0.3, 0.4) is 0 Å². The summed E-state index contributed by atoms with van der Waals surface area (Å²) in [7, 11) is 3.15. The van der Waals surface area contributed by atoms with Crippen LogP contribution >= 0.6 is 0 Å². The largest absolute Gasteiger partial charge is 0.493 e. The summed E-state index contributed by atoms with van der Waals surface area (Å²) in [4.78, 5) is 24.3. The van der Waals surface area contributed by atoms with E-state index in [-0.39, 0.29) is 5.91 Å². The van der Waals surface area contributed by atoms with E-state index in [0.29, 0.717) is 55.0 Å². The van der Waals surface area contributed by atoms with Crippen LogP contribution in [-0.4, -0.2) is 61.2 Å². The fourth-order valence-corrected chi connectivity index (χ4v) is 2.83. The summed E-state index contributed by atoms with van der Waals surface area (Å²) < 4.78 is 10.6. The van der Waals surface area contributed by atoms with E-state index in [1.807, 2.05) is 9.80 Å². The molecule has 2 N–H and O–H groups in total. The van der Waals surface area contributed by atoms with Crippen molar-refractivity contribution in [3.05, 3.63) is 12.1 Å². The van der Waals surface area contributed by atoms with Gasteiger partial charge < -0.3 is 25.0 Å². The SMILES string of the molecule is CCCC.COc1cc2nc(N3CCN(C(C)=O)CC3)nc(N)c2cc1OC. The Hall–Kier alpha value is -2.77. The molecule has 1 aromatic carbocycles. The molecule has 2 heterocycles. The van der Waals surface area contributed by atoms with Crippen LogP contribution in [-0.2, 0) is 4.79 Å². The summed E-state index contributed by atoms with van der Waals surface area (Å²) in [6, 6.07) is 3.57. The summed E-state index contributed by atoms with van der Waals surface area (Å²) >= 11 is 0. The first-order valence-corrected chi connectivity index (χ1v) is 9.64. The summed E-state index contributed by atoms with van der Waals surface area (Å²) in [5, 5.41) is 0.721. The van der Waals surface area contributed by atoms with Crippen molar-refractivity contribution >= 4 is 28.6 Å². The molecule has 0 atom stereocenters. The Bertz CT molecular complexity index is 802. The van der Waals surface area contributed by atoms with Crippen molar-refractivity contribution in [2.75, 3.05) is 51.0 Å². The topological polar surface area (TPSA) is 93.8 Å². The minimum absolute atomic E-state index is 0.0884. The first-order valence-electron chi connectivity index (χ1n) is 9.64. The van der Waals surface area contributed by atoms with Crippen LogP contribution in [0.2, 0.25) is 0 Å². The Morgan fingerprint density at radius 3 is 2.11 bits per heavy atom. The first-order chi connectivity index (χ1) is 13.4. The molecule has 0 bridgehead atoms. The number of fused-ring (bicyclic) bond motifs is 1. The van der Waals surface area contributed by atoms with Crippen molar-refractivity contribution in [2.45, 2.75) is 33.6 Å². The van der Waals surface area contributed by atoms with Gasteiger partial charge >= 0.3 is 0 Å². The smallest absolute Gasteiger partial charge is 0.228 e. The van der Waals surface area contributed by atoms with E-state index in [4.69, 9.17) is 15.2 Å². The fraction of sp³-hybridized carbons (Fsp3) is 0.550. The number of nitrogen functional groups attached to an aromatic ring is 1. The van der Waals surface area contributed by atoms with E-state index >= 15 is 0 Å². The number of nitrogens with zero attached hydrogens (tertiary/aromatic N) is 4. The highest BCUT2D eigenvalue weighted by Gasteiger charge is 2.21. The average molecular weight is 390 g/mol. The molecule has 0 unspecified atom stereocenters. The van der Waals surface area contributed by atoms with Gasteiger partial charge in [0.2, 0.25) is 11.9 Å². The Morgan fingerprint density at radius 2 is 1.61 bits per heavy atom. The number of benzene rings is 1. The molecule has 28 heavy (non-hydrogen) atoms. The summed E-state index contributed by atoms with van der Waals surface area (Å²) in [5.74, 6) is 2.23. The lowest BCUT2D eigenvalue weighted by atomic mass is 10.2. The van der Waals surface area contributed by atoms with Crippen LogP contribution in [0, 0.1) is 0 Å². The minimum Gasteiger partial charge on any atom is -0.493 e. The molecule has 3 rings (SSSR count). The molecular formula is C20H31N5O3. The second kappa shape index (κ2) is 9.96. The van der Waals surface area contributed by atoms with E-state index < -0.39 is 0 Å². The van der Waals surface area contributed by atoms with Crippen LogP contribution in [0.1, 0.15) is 33.6 Å². The lowest BCUT2D eigenvalue weighted by Gasteiger charge is -2.34. The molecule has 8 heteroatoms. The monoisotopic (exact) mass is 389 g/mol. The third-order valence-electron chi connectivity index (χ3n) is 4.73. The number of anilines is 2. The molecule has 154 valence electrons. The van der Waals surface area contributed by atoms with Crippen molar-refractivity contribution in [3.8, 4) is 11.5 Å².